The van der Waals surface area contributed by atoms with Gasteiger partial charge in [0.05, 0.1) is 16.1 Å². The lowest BCUT2D eigenvalue weighted by molar-refractivity contribution is -0.375. The van der Waals surface area contributed by atoms with Crippen molar-refractivity contribution in [2.45, 2.75) is 13.8 Å². The van der Waals surface area contributed by atoms with E-state index in [1.54, 1.807) is 24.3 Å². The van der Waals surface area contributed by atoms with E-state index in [9.17, 15) is 14.9 Å². The third-order valence-corrected chi connectivity index (χ3v) is 4.79. The molecule has 128 valence electrons. The van der Waals surface area contributed by atoms with Gasteiger partial charge in [-0.05, 0) is 41.8 Å². The number of carbonyl (C=O) groups excluding carboxylic acids is 1. The Morgan fingerprint density at radius 1 is 1.00 bits per heavy atom. The Bertz CT molecular complexity index is 1130. The van der Waals surface area contributed by atoms with Crippen LogP contribution in [0.3, 0.4) is 0 Å². The minimum atomic E-state index is -0.565. The van der Waals surface area contributed by atoms with Crippen molar-refractivity contribution in [1.29, 1.82) is 0 Å². The van der Waals surface area contributed by atoms with Gasteiger partial charge in [-0.2, -0.15) is 0 Å². The Balaban J connectivity index is 2.14. The van der Waals surface area contributed by atoms with Crippen molar-refractivity contribution < 1.29 is 14.5 Å². The van der Waals surface area contributed by atoms with Crippen LogP contribution in [0.2, 0.25) is 0 Å². The van der Waals surface area contributed by atoms with Gasteiger partial charge in [0, 0.05) is 5.56 Å². The van der Waals surface area contributed by atoms with Crippen LogP contribution in [0.15, 0.2) is 54.6 Å². The first-order valence-corrected chi connectivity index (χ1v) is 8.18. The SMILES string of the molecule is Cc1cc2ccccc2c(C(=C2OC(=O)c3ccccc32)[N+](=O)[O-])c1C. The van der Waals surface area contributed by atoms with Crippen LogP contribution in [0.1, 0.15) is 32.6 Å². The summed E-state index contributed by atoms with van der Waals surface area (Å²) in [4.78, 5) is 23.8. The molecule has 1 heterocycles. The van der Waals surface area contributed by atoms with E-state index in [0.717, 1.165) is 21.9 Å². The molecule has 1 aliphatic heterocycles. The van der Waals surface area contributed by atoms with Gasteiger partial charge in [0.15, 0.2) is 0 Å². The first-order chi connectivity index (χ1) is 12.5. The number of hydrogen-bond donors (Lipinski definition) is 0. The summed E-state index contributed by atoms with van der Waals surface area (Å²) in [6.07, 6.45) is 0. The summed E-state index contributed by atoms with van der Waals surface area (Å²) in [6.45, 7) is 3.77. The van der Waals surface area contributed by atoms with Gasteiger partial charge in [-0.15, -0.1) is 0 Å². The molecule has 1 aliphatic rings. The highest BCUT2D eigenvalue weighted by Crippen LogP contribution is 2.39. The summed E-state index contributed by atoms with van der Waals surface area (Å²) < 4.78 is 5.35. The second-order valence-corrected chi connectivity index (χ2v) is 6.28. The lowest BCUT2D eigenvalue weighted by atomic mass is 9.92. The van der Waals surface area contributed by atoms with Crippen molar-refractivity contribution in [3.63, 3.8) is 0 Å². The molecule has 26 heavy (non-hydrogen) atoms. The van der Waals surface area contributed by atoms with Gasteiger partial charge >= 0.3 is 11.7 Å². The van der Waals surface area contributed by atoms with E-state index in [1.165, 1.54) is 0 Å². The zero-order chi connectivity index (χ0) is 18.4. The van der Waals surface area contributed by atoms with Crippen molar-refractivity contribution in [2.24, 2.45) is 0 Å². The summed E-state index contributed by atoms with van der Waals surface area (Å²) >= 11 is 0. The highest BCUT2D eigenvalue weighted by molar-refractivity contribution is 6.09. The number of aryl methyl sites for hydroxylation is 1. The molecule has 5 heteroatoms. The van der Waals surface area contributed by atoms with E-state index in [0.29, 0.717) is 16.7 Å². The molecule has 0 N–H and O–H groups in total. The van der Waals surface area contributed by atoms with Crippen LogP contribution in [0.4, 0.5) is 0 Å². The number of rotatable bonds is 2. The van der Waals surface area contributed by atoms with Crippen LogP contribution in [0.5, 0.6) is 0 Å². The topological polar surface area (TPSA) is 69.4 Å². The summed E-state index contributed by atoms with van der Waals surface area (Å²) in [7, 11) is 0. The Hall–Kier alpha value is -3.47. The summed E-state index contributed by atoms with van der Waals surface area (Å²) in [5, 5.41) is 13.7. The lowest BCUT2D eigenvalue weighted by Gasteiger charge is -2.12. The van der Waals surface area contributed by atoms with Gasteiger partial charge in [-0.1, -0.05) is 48.5 Å². The van der Waals surface area contributed by atoms with Gasteiger partial charge in [-0.25, -0.2) is 4.79 Å². The molecular formula is C21H15NO4. The minimum Gasteiger partial charge on any atom is -0.415 e. The van der Waals surface area contributed by atoms with Gasteiger partial charge in [0.2, 0.25) is 5.76 Å². The maximum Gasteiger partial charge on any atom is 0.344 e. The molecule has 0 spiro atoms. The van der Waals surface area contributed by atoms with Crippen molar-refractivity contribution in [3.05, 3.63) is 92.5 Å². The number of nitro groups is 1. The minimum absolute atomic E-state index is 0.00875. The molecule has 0 bridgehead atoms. The van der Waals surface area contributed by atoms with Crippen LogP contribution in [0.25, 0.3) is 22.2 Å². The number of fused-ring (bicyclic) bond motifs is 2. The van der Waals surface area contributed by atoms with E-state index < -0.39 is 10.9 Å². The van der Waals surface area contributed by atoms with E-state index in [1.807, 2.05) is 44.2 Å². The zero-order valence-corrected chi connectivity index (χ0v) is 14.3. The molecule has 0 aromatic heterocycles. The van der Waals surface area contributed by atoms with E-state index in [-0.39, 0.29) is 11.5 Å². The molecular weight excluding hydrogens is 330 g/mol. The van der Waals surface area contributed by atoms with Gasteiger partial charge in [-0.3, -0.25) is 10.1 Å². The Kier molecular flexibility index (Phi) is 3.58. The molecule has 0 aliphatic carbocycles. The standard InChI is InChI=1S/C21H15NO4/c1-12-11-14-7-3-4-8-15(14)18(13(12)2)19(22(24)25)20-16-9-5-6-10-17(16)21(23)26-20/h3-11H,1-2H3. The molecule has 0 saturated heterocycles. The van der Waals surface area contributed by atoms with Crippen LogP contribution >= 0.6 is 0 Å². The summed E-state index contributed by atoms with van der Waals surface area (Å²) in [6, 6.07) is 16.2. The van der Waals surface area contributed by atoms with Crippen LogP contribution in [-0.2, 0) is 4.74 Å². The second kappa shape index (κ2) is 5.81. The van der Waals surface area contributed by atoms with Crippen molar-refractivity contribution in [2.75, 3.05) is 0 Å². The molecule has 5 nitrogen and oxygen atoms in total. The van der Waals surface area contributed by atoms with Crippen LogP contribution < -0.4 is 0 Å². The number of esters is 1. The third kappa shape index (κ3) is 2.29. The highest BCUT2D eigenvalue weighted by atomic mass is 16.6. The van der Waals surface area contributed by atoms with E-state index in [4.69, 9.17) is 4.74 Å². The molecule has 3 aromatic rings. The second-order valence-electron chi connectivity index (χ2n) is 6.28. The van der Waals surface area contributed by atoms with Gasteiger partial charge < -0.3 is 4.74 Å². The molecule has 0 atom stereocenters. The van der Waals surface area contributed by atoms with Crippen molar-refractivity contribution >= 4 is 28.2 Å². The monoisotopic (exact) mass is 345 g/mol. The van der Waals surface area contributed by atoms with Gasteiger partial charge in [0.1, 0.15) is 0 Å². The van der Waals surface area contributed by atoms with Crippen LogP contribution in [0, 0.1) is 24.0 Å². The Labute approximate surface area is 149 Å². The predicted molar refractivity (Wildman–Crippen MR) is 99.1 cm³/mol. The summed E-state index contributed by atoms with van der Waals surface area (Å²) in [5.41, 5.74) is 2.84. The maximum absolute atomic E-state index is 12.2. The van der Waals surface area contributed by atoms with E-state index >= 15 is 0 Å². The normalized spacial score (nSPS) is 14.9. The number of nitrogens with zero attached hydrogens (tertiary/aromatic N) is 1. The molecule has 0 fully saturated rings. The highest BCUT2D eigenvalue weighted by Gasteiger charge is 2.36. The molecule has 0 unspecified atom stereocenters. The average molecular weight is 345 g/mol. The van der Waals surface area contributed by atoms with Gasteiger partial charge in [0.25, 0.3) is 0 Å². The first-order valence-electron chi connectivity index (χ1n) is 8.18. The van der Waals surface area contributed by atoms with Crippen LogP contribution in [-0.4, -0.2) is 10.9 Å². The molecule has 0 amide bonds. The average Bonchev–Trinajstić information content (AvgIpc) is 2.95. The van der Waals surface area contributed by atoms with Crippen molar-refractivity contribution in [3.8, 4) is 0 Å². The Morgan fingerprint density at radius 2 is 1.65 bits per heavy atom. The quantitative estimate of drug-likeness (QED) is 0.382. The number of carbonyl (C=O) groups is 1. The fourth-order valence-corrected chi connectivity index (χ4v) is 3.42. The molecule has 0 radical (unpaired) electrons. The molecule has 4 rings (SSSR count). The number of hydrogen-bond acceptors (Lipinski definition) is 4. The lowest BCUT2D eigenvalue weighted by Crippen LogP contribution is -2.06. The number of cyclic esters (lactones) is 1. The number of benzene rings is 3. The Morgan fingerprint density at radius 3 is 2.38 bits per heavy atom. The third-order valence-electron chi connectivity index (χ3n) is 4.79. The fourth-order valence-electron chi connectivity index (χ4n) is 3.42. The van der Waals surface area contributed by atoms with Crippen molar-refractivity contribution in [1.82, 2.24) is 0 Å². The molecule has 3 aromatic carbocycles. The maximum atomic E-state index is 12.2. The number of ether oxygens (including phenoxy) is 1. The van der Waals surface area contributed by atoms with E-state index in [2.05, 4.69) is 0 Å². The smallest absolute Gasteiger partial charge is 0.344 e. The zero-order valence-electron chi connectivity index (χ0n) is 14.3. The largest absolute Gasteiger partial charge is 0.415 e. The summed E-state index contributed by atoms with van der Waals surface area (Å²) in [5.74, 6) is -0.556. The predicted octanol–water partition coefficient (Wildman–Crippen LogP) is 4.73. The fraction of sp³-hybridized carbons (Fsp3) is 0.0952. The molecule has 0 saturated carbocycles. The first kappa shape index (κ1) is 16.0.